The van der Waals surface area contributed by atoms with Gasteiger partial charge in [0, 0.05) is 77.1 Å². The molecule has 4 heavy (non-hydrogen) atoms. The first-order valence-electron chi connectivity index (χ1n) is 0. The van der Waals surface area contributed by atoms with Crippen LogP contribution in [0, 0.1) is 0 Å². The first-order chi connectivity index (χ1) is 0. The molecule has 0 aromatic carbocycles. The van der Waals surface area contributed by atoms with Crippen molar-refractivity contribution in [3.05, 3.63) is 0 Å². The summed E-state index contributed by atoms with van der Waals surface area (Å²) in [6, 6.07) is 0. The van der Waals surface area contributed by atoms with E-state index in [9.17, 15) is 0 Å². The van der Waals surface area contributed by atoms with Gasteiger partial charge in [0.05, 0.1) is 0 Å². The Labute approximate surface area is 76.1 Å². The molecular formula is CrGePdTi. The molecule has 0 amide bonds. The van der Waals surface area contributed by atoms with E-state index in [0.717, 1.165) is 0 Å². The van der Waals surface area contributed by atoms with Crippen molar-refractivity contribution in [1.29, 1.82) is 0 Å². The summed E-state index contributed by atoms with van der Waals surface area (Å²) < 4.78 is 0. The zero-order chi connectivity index (χ0) is 0. The first kappa shape index (κ1) is 31.9. The largest absolute Gasteiger partial charge is 0 e. The maximum absolute atomic E-state index is 0. The molecule has 0 aromatic heterocycles. The van der Waals surface area contributed by atoms with Gasteiger partial charge in [0.2, 0.25) is 0 Å². The van der Waals surface area contributed by atoms with Crippen molar-refractivity contribution in [2.24, 2.45) is 0 Å². The zero-order valence-electron chi connectivity index (χ0n) is 1.72. The Morgan fingerprint density at radius 1 is 1.00 bits per heavy atom. The van der Waals surface area contributed by atoms with Crippen molar-refractivity contribution in [2.75, 3.05) is 0 Å². The van der Waals surface area contributed by atoms with Crippen LogP contribution in [0.2, 0.25) is 0 Å². The molecule has 0 fully saturated rings. The average molecular weight is 279 g/mol. The molecule has 0 saturated carbocycles. The van der Waals surface area contributed by atoms with Gasteiger partial charge in [0.1, 0.15) is 0 Å². The molecule has 0 heterocycles. The first-order valence-corrected chi connectivity index (χ1v) is 0. The van der Waals surface area contributed by atoms with Gasteiger partial charge in [0.15, 0.2) is 0 Å². The molecule has 0 aliphatic rings. The van der Waals surface area contributed by atoms with Crippen LogP contribution in [-0.4, -0.2) is 17.6 Å². The second-order valence-corrected chi connectivity index (χ2v) is 0. The van der Waals surface area contributed by atoms with Gasteiger partial charge in [-0.1, -0.05) is 0 Å². The molecule has 0 nitrogen and oxygen atoms in total. The van der Waals surface area contributed by atoms with E-state index in [1.54, 1.807) is 0 Å². The fourth-order valence-electron chi connectivity index (χ4n) is 0. The predicted octanol–water partition coefficient (Wildman–Crippen LogP) is -0.388. The van der Waals surface area contributed by atoms with Gasteiger partial charge in [0.25, 0.3) is 0 Å². The van der Waals surface area contributed by atoms with Crippen LogP contribution in [0.15, 0.2) is 0 Å². The van der Waals surface area contributed by atoms with Gasteiger partial charge in [-0.05, 0) is 0 Å². The molecule has 0 unspecified atom stereocenters. The van der Waals surface area contributed by atoms with Crippen LogP contribution in [0.25, 0.3) is 0 Å². The number of hydrogen-bond donors (Lipinski definition) is 0. The Morgan fingerprint density at radius 2 is 1.00 bits per heavy atom. The van der Waals surface area contributed by atoms with Gasteiger partial charge in [-0.3, -0.25) is 0 Å². The minimum Gasteiger partial charge on any atom is 0 e. The normalized spacial score (nSPS) is 0. The molecule has 24 valence electrons. The second-order valence-electron chi connectivity index (χ2n) is 0. The molecule has 0 atom stereocenters. The summed E-state index contributed by atoms with van der Waals surface area (Å²) in [7, 11) is 0. The molecule has 4 heteroatoms. The van der Waals surface area contributed by atoms with Gasteiger partial charge in [-0.2, -0.15) is 0 Å². The van der Waals surface area contributed by atoms with Crippen molar-refractivity contribution >= 4 is 17.6 Å². The van der Waals surface area contributed by atoms with Crippen LogP contribution < -0.4 is 0 Å². The third-order valence-electron chi connectivity index (χ3n) is 0. The van der Waals surface area contributed by atoms with Crippen LogP contribution in [0.5, 0.6) is 0 Å². The molecule has 0 N–H and O–H groups in total. The van der Waals surface area contributed by atoms with E-state index in [1.807, 2.05) is 0 Å². The Hall–Kier alpha value is 2.45. The van der Waals surface area contributed by atoms with Gasteiger partial charge < -0.3 is 0 Å². The Morgan fingerprint density at radius 3 is 1.00 bits per heavy atom. The minimum atomic E-state index is 0. The SMILES string of the molecule is [Cr].[Ge].[Pd].[Ti]. The van der Waals surface area contributed by atoms with E-state index in [0.29, 0.717) is 0 Å². The van der Waals surface area contributed by atoms with Crippen molar-refractivity contribution in [2.45, 2.75) is 0 Å². The molecule has 0 aromatic rings. The Kier molecular flexibility index (Phi) is 143. The summed E-state index contributed by atoms with van der Waals surface area (Å²) in [6.45, 7) is 0. The third kappa shape index (κ3) is 8.82. The number of hydrogen-bond acceptors (Lipinski definition) is 0. The summed E-state index contributed by atoms with van der Waals surface area (Å²) in [6.07, 6.45) is 0. The molecule has 0 bridgehead atoms. The quantitative estimate of drug-likeness (QED) is 0.530. The fourth-order valence-corrected chi connectivity index (χ4v) is 0. The van der Waals surface area contributed by atoms with Crippen LogP contribution in [0.3, 0.4) is 0 Å². The van der Waals surface area contributed by atoms with Crippen LogP contribution in [-0.2, 0) is 59.5 Å². The molecular weight excluding hydrogens is 279 g/mol. The topological polar surface area (TPSA) is 0 Å². The van der Waals surface area contributed by atoms with E-state index in [2.05, 4.69) is 0 Å². The van der Waals surface area contributed by atoms with Crippen LogP contribution >= 0.6 is 0 Å². The maximum Gasteiger partial charge on any atom is 0 e. The van der Waals surface area contributed by atoms with Crippen molar-refractivity contribution in [3.8, 4) is 0 Å². The second kappa shape index (κ2) is 18.0. The van der Waals surface area contributed by atoms with Gasteiger partial charge in [-0.25, -0.2) is 0 Å². The summed E-state index contributed by atoms with van der Waals surface area (Å²) in [5.41, 5.74) is 0. The molecule has 0 aliphatic carbocycles. The smallest absolute Gasteiger partial charge is 0 e. The summed E-state index contributed by atoms with van der Waals surface area (Å²) in [4.78, 5) is 0. The third-order valence-corrected chi connectivity index (χ3v) is 0. The van der Waals surface area contributed by atoms with Crippen LogP contribution in [0.4, 0.5) is 0 Å². The summed E-state index contributed by atoms with van der Waals surface area (Å²) >= 11 is 0. The van der Waals surface area contributed by atoms with E-state index in [1.165, 1.54) is 0 Å². The van der Waals surface area contributed by atoms with E-state index < -0.39 is 0 Å². The standard InChI is InChI=1S/Cr.Ge.Pd.Ti. The molecule has 0 rings (SSSR count). The Balaban J connectivity index is 0. The van der Waals surface area contributed by atoms with Crippen LogP contribution in [0.1, 0.15) is 0 Å². The number of rotatable bonds is 0. The van der Waals surface area contributed by atoms with Gasteiger partial charge >= 0.3 is 0 Å². The molecule has 0 aliphatic heterocycles. The Bertz CT molecular complexity index is 8.00. The van der Waals surface area contributed by atoms with E-state index >= 15 is 0 Å². The zero-order valence-corrected chi connectivity index (χ0v) is 8.21. The average Bonchev–Trinajstić information content (AvgIpc) is 0. The molecule has 0 saturated heterocycles. The van der Waals surface area contributed by atoms with Crippen molar-refractivity contribution in [1.82, 2.24) is 0 Å². The monoisotopic (exact) mass is 280 g/mol. The van der Waals surface area contributed by atoms with Gasteiger partial charge in [-0.15, -0.1) is 0 Å². The molecule has 4 radical (unpaired) electrons. The van der Waals surface area contributed by atoms with E-state index in [4.69, 9.17) is 0 Å². The van der Waals surface area contributed by atoms with Crippen molar-refractivity contribution < 1.29 is 59.5 Å². The summed E-state index contributed by atoms with van der Waals surface area (Å²) in [5.74, 6) is 0. The predicted molar refractivity (Wildman–Crippen MR) is 5.75 cm³/mol. The summed E-state index contributed by atoms with van der Waals surface area (Å²) in [5, 5.41) is 0. The minimum absolute atomic E-state index is 0. The van der Waals surface area contributed by atoms with E-state index in [-0.39, 0.29) is 77.1 Å². The molecule has 0 spiro atoms. The fraction of sp³-hybridized carbons (Fsp3) is 0. The van der Waals surface area contributed by atoms with Crippen molar-refractivity contribution in [3.63, 3.8) is 0 Å². The maximum atomic E-state index is 0.